The SMILES string of the molecule is CCCN1C(=O)S/C(=C\c2cccc(OC)c2O[C@@H](C)C(=O)O)C1=O. The van der Waals surface area contributed by atoms with Crippen LogP contribution in [0, 0.1) is 0 Å². The van der Waals surface area contributed by atoms with Gasteiger partial charge in [0.05, 0.1) is 12.0 Å². The molecule has 7 nitrogen and oxygen atoms in total. The lowest BCUT2D eigenvalue weighted by molar-refractivity contribution is -0.144. The Morgan fingerprint density at radius 2 is 2.12 bits per heavy atom. The number of thioether (sulfide) groups is 1. The van der Waals surface area contributed by atoms with Crippen molar-refractivity contribution in [1.29, 1.82) is 0 Å². The van der Waals surface area contributed by atoms with Crippen LogP contribution in [-0.2, 0) is 9.59 Å². The van der Waals surface area contributed by atoms with Gasteiger partial charge in [-0.05, 0) is 37.2 Å². The summed E-state index contributed by atoms with van der Waals surface area (Å²) < 4.78 is 10.7. The molecular formula is C17H19NO6S. The van der Waals surface area contributed by atoms with E-state index in [9.17, 15) is 14.4 Å². The number of hydrogen-bond acceptors (Lipinski definition) is 6. The highest BCUT2D eigenvalue weighted by atomic mass is 32.2. The van der Waals surface area contributed by atoms with E-state index in [0.29, 0.717) is 24.3 Å². The molecule has 0 aromatic heterocycles. The Morgan fingerprint density at radius 3 is 2.72 bits per heavy atom. The number of amides is 2. The van der Waals surface area contributed by atoms with Crippen LogP contribution in [0.2, 0.25) is 0 Å². The minimum Gasteiger partial charge on any atom is -0.493 e. The van der Waals surface area contributed by atoms with E-state index in [1.54, 1.807) is 18.2 Å². The van der Waals surface area contributed by atoms with E-state index >= 15 is 0 Å². The van der Waals surface area contributed by atoms with Gasteiger partial charge in [-0.15, -0.1) is 0 Å². The van der Waals surface area contributed by atoms with E-state index in [4.69, 9.17) is 14.6 Å². The summed E-state index contributed by atoms with van der Waals surface area (Å²) in [6, 6.07) is 4.99. The highest BCUT2D eigenvalue weighted by Gasteiger charge is 2.34. The molecule has 0 bridgehead atoms. The molecule has 1 saturated heterocycles. The number of ether oxygens (including phenoxy) is 2. The van der Waals surface area contributed by atoms with Crippen molar-refractivity contribution in [2.24, 2.45) is 0 Å². The maximum absolute atomic E-state index is 12.4. The molecule has 1 aliphatic rings. The summed E-state index contributed by atoms with van der Waals surface area (Å²) in [5, 5.41) is 8.74. The second-order valence-corrected chi connectivity index (χ2v) is 6.30. The second kappa shape index (κ2) is 8.06. The van der Waals surface area contributed by atoms with Crippen molar-refractivity contribution < 1.29 is 29.0 Å². The van der Waals surface area contributed by atoms with Gasteiger partial charge in [0, 0.05) is 12.1 Å². The summed E-state index contributed by atoms with van der Waals surface area (Å²) in [7, 11) is 1.44. The summed E-state index contributed by atoms with van der Waals surface area (Å²) in [6.07, 6.45) is 1.10. The molecule has 0 unspecified atom stereocenters. The number of carboxylic acids is 1. The number of nitrogens with zero attached hydrogens (tertiary/aromatic N) is 1. The van der Waals surface area contributed by atoms with E-state index in [1.807, 2.05) is 6.92 Å². The van der Waals surface area contributed by atoms with Crippen LogP contribution in [0.25, 0.3) is 6.08 Å². The first-order chi connectivity index (χ1) is 11.9. The molecule has 1 atom stereocenters. The van der Waals surface area contributed by atoms with Crippen LogP contribution < -0.4 is 9.47 Å². The average Bonchev–Trinajstić information content (AvgIpc) is 2.84. The third kappa shape index (κ3) is 4.14. The maximum atomic E-state index is 12.4. The normalized spacial score (nSPS) is 17.1. The molecule has 1 aliphatic heterocycles. The van der Waals surface area contributed by atoms with Gasteiger partial charge in [0.1, 0.15) is 0 Å². The zero-order chi connectivity index (χ0) is 18.6. The molecule has 25 heavy (non-hydrogen) atoms. The van der Waals surface area contributed by atoms with Crippen LogP contribution in [0.1, 0.15) is 25.8 Å². The van der Waals surface area contributed by atoms with Gasteiger partial charge in [0.2, 0.25) is 0 Å². The largest absolute Gasteiger partial charge is 0.493 e. The van der Waals surface area contributed by atoms with Gasteiger partial charge in [0.25, 0.3) is 11.1 Å². The molecule has 0 radical (unpaired) electrons. The van der Waals surface area contributed by atoms with Gasteiger partial charge in [-0.2, -0.15) is 0 Å². The topological polar surface area (TPSA) is 93.1 Å². The van der Waals surface area contributed by atoms with E-state index in [0.717, 1.165) is 11.8 Å². The van der Waals surface area contributed by atoms with Gasteiger partial charge in [-0.25, -0.2) is 4.79 Å². The summed E-state index contributed by atoms with van der Waals surface area (Å²) in [5.74, 6) is -0.936. The molecule has 1 N–H and O–H groups in total. The predicted molar refractivity (Wildman–Crippen MR) is 93.7 cm³/mol. The summed E-state index contributed by atoms with van der Waals surface area (Å²) >= 11 is 0.850. The lowest BCUT2D eigenvalue weighted by atomic mass is 10.1. The fraction of sp³-hybridized carbons (Fsp3) is 0.353. The highest BCUT2D eigenvalue weighted by Crippen LogP contribution is 2.37. The average molecular weight is 365 g/mol. The van der Waals surface area contributed by atoms with Crippen molar-refractivity contribution in [3.8, 4) is 11.5 Å². The van der Waals surface area contributed by atoms with Crippen molar-refractivity contribution in [3.05, 3.63) is 28.7 Å². The zero-order valence-electron chi connectivity index (χ0n) is 14.1. The number of carbonyl (C=O) groups excluding carboxylic acids is 2. The van der Waals surface area contributed by atoms with Gasteiger partial charge >= 0.3 is 5.97 Å². The number of carboxylic acid groups (broad SMARTS) is 1. The number of benzene rings is 1. The minimum absolute atomic E-state index is 0.210. The number of carbonyl (C=O) groups is 3. The molecule has 1 fully saturated rings. The Balaban J connectivity index is 2.41. The number of imide groups is 1. The fourth-order valence-electron chi connectivity index (χ4n) is 2.22. The number of methoxy groups -OCH3 is 1. The molecule has 0 saturated carbocycles. The fourth-order valence-corrected chi connectivity index (χ4v) is 3.07. The standard InChI is InChI=1S/C17H19NO6S/c1-4-8-18-15(19)13(25-17(18)22)9-11-6-5-7-12(23-3)14(11)24-10(2)16(20)21/h5-7,9-10H,4,8H2,1-3H3,(H,20,21)/b13-9-/t10-/m0/s1. The van der Waals surface area contributed by atoms with E-state index in [2.05, 4.69) is 0 Å². The smallest absolute Gasteiger partial charge is 0.344 e. The number of aliphatic carboxylic acids is 1. The highest BCUT2D eigenvalue weighted by molar-refractivity contribution is 8.18. The molecule has 0 aliphatic carbocycles. The number of para-hydroxylation sites is 1. The first kappa shape index (κ1) is 18.9. The maximum Gasteiger partial charge on any atom is 0.344 e. The molecule has 2 rings (SSSR count). The number of hydrogen-bond donors (Lipinski definition) is 1. The van der Waals surface area contributed by atoms with Gasteiger partial charge < -0.3 is 14.6 Å². The molecular weight excluding hydrogens is 346 g/mol. The third-order valence-corrected chi connectivity index (χ3v) is 4.39. The Labute approximate surface area is 149 Å². The zero-order valence-corrected chi connectivity index (χ0v) is 15.0. The van der Waals surface area contributed by atoms with Crippen molar-refractivity contribution >= 4 is 35.0 Å². The number of rotatable bonds is 7. The van der Waals surface area contributed by atoms with Crippen molar-refractivity contribution in [3.63, 3.8) is 0 Å². The first-order valence-electron chi connectivity index (χ1n) is 7.70. The van der Waals surface area contributed by atoms with Gasteiger partial charge in [0.15, 0.2) is 17.6 Å². The third-order valence-electron chi connectivity index (χ3n) is 3.48. The van der Waals surface area contributed by atoms with E-state index in [-0.39, 0.29) is 21.8 Å². The first-order valence-corrected chi connectivity index (χ1v) is 8.52. The lowest BCUT2D eigenvalue weighted by Crippen LogP contribution is -2.28. The summed E-state index contributed by atoms with van der Waals surface area (Å²) in [5.41, 5.74) is 0.467. The molecule has 134 valence electrons. The second-order valence-electron chi connectivity index (χ2n) is 5.31. The van der Waals surface area contributed by atoms with Crippen LogP contribution in [0.4, 0.5) is 4.79 Å². The molecule has 1 aromatic carbocycles. The van der Waals surface area contributed by atoms with Crippen molar-refractivity contribution in [2.45, 2.75) is 26.4 Å². The minimum atomic E-state index is -1.12. The van der Waals surface area contributed by atoms with E-state index in [1.165, 1.54) is 25.0 Å². The molecule has 8 heteroatoms. The van der Waals surface area contributed by atoms with Gasteiger partial charge in [-0.1, -0.05) is 19.1 Å². The Bertz CT molecular complexity index is 730. The van der Waals surface area contributed by atoms with Crippen LogP contribution >= 0.6 is 11.8 Å². The molecule has 0 spiro atoms. The van der Waals surface area contributed by atoms with Crippen molar-refractivity contribution in [2.75, 3.05) is 13.7 Å². The Kier molecular flexibility index (Phi) is 6.08. The predicted octanol–water partition coefficient (Wildman–Crippen LogP) is 2.99. The quantitative estimate of drug-likeness (QED) is 0.742. The van der Waals surface area contributed by atoms with Crippen LogP contribution in [-0.4, -0.2) is 46.9 Å². The van der Waals surface area contributed by atoms with Crippen LogP contribution in [0.3, 0.4) is 0 Å². The monoisotopic (exact) mass is 365 g/mol. The molecule has 1 heterocycles. The van der Waals surface area contributed by atoms with E-state index < -0.39 is 12.1 Å². The van der Waals surface area contributed by atoms with Gasteiger partial charge in [-0.3, -0.25) is 14.5 Å². The van der Waals surface area contributed by atoms with Crippen LogP contribution in [0.5, 0.6) is 11.5 Å². The summed E-state index contributed by atoms with van der Waals surface area (Å²) in [4.78, 5) is 36.8. The van der Waals surface area contributed by atoms with Crippen molar-refractivity contribution in [1.82, 2.24) is 4.90 Å². The molecule has 1 aromatic rings. The molecule has 2 amide bonds. The Morgan fingerprint density at radius 1 is 1.40 bits per heavy atom. The summed E-state index contributed by atoms with van der Waals surface area (Å²) in [6.45, 7) is 3.64. The van der Waals surface area contributed by atoms with Crippen LogP contribution in [0.15, 0.2) is 23.1 Å². The Hall–Kier alpha value is -2.48. The lowest BCUT2D eigenvalue weighted by Gasteiger charge is -2.16.